The zero-order valence-corrected chi connectivity index (χ0v) is 17.3. The SMILES string of the molecule is O=C(COC(=O)c1ccccc1N1C(=O)[C@@H]2[C@H]3C=C[C@H]([C@H]4C[C@@H]34)[C@@H]2C1=O)c1cccs1. The van der Waals surface area contributed by atoms with Crippen molar-refractivity contribution in [3.63, 3.8) is 0 Å². The highest BCUT2D eigenvalue weighted by atomic mass is 32.1. The molecule has 0 spiro atoms. The van der Waals surface area contributed by atoms with Crippen LogP contribution in [-0.2, 0) is 14.3 Å². The summed E-state index contributed by atoms with van der Waals surface area (Å²) in [6, 6.07) is 9.90. The van der Waals surface area contributed by atoms with E-state index in [0.29, 0.717) is 16.7 Å². The van der Waals surface area contributed by atoms with Crippen LogP contribution in [0.1, 0.15) is 26.5 Å². The molecule has 0 N–H and O–H groups in total. The van der Waals surface area contributed by atoms with Gasteiger partial charge in [-0.15, -0.1) is 11.3 Å². The number of Topliss-reactive ketones (excluding diaryl/α,β-unsaturated/α-hetero) is 1. The van der Waals surface area contributed by atoms with Crippen molar-refractivity contribution in [1.82, 2.24) is 0 Å². The molecule has 156 valence electrons. The Labute approximate surface area is 182 Å². The van der Waals surface area contributed by atoms with Crippen molar-refractivity contribution in [3.05, 3.63) is 64.4 Å². The lowest BCUT2D eigenvalue weighted by Crippen LogP contribution is -2.40. The number of hydrogen-bond donors (Lipinski definition) is 0. The van der Waals surface area contributed by atoms with Gasteiger partial charge < -0.3 is 4.74 Å². The Hall–Kier alpha value is -3.06. The number of esters is 1. The molecule has 4 aliphatic carbocycles. The van der Waals surface area contributed by atoms with Crippen molar-refractivity contribution in [2.45, 2.75) is 6.42 Å². The summed E-state index contributed by atoms with van der Waals surface area (Å²) in [5.74, 6) is -0.890. The van der Waals surface area contributed by atoms with Crippen LogP contribution in [0.15, 0.2) is 53.9 Å². The van der Waals surface area contributed by atoms with Crippen LogP contribution in [0.2, 0.25) is 0 Å². The van der Waals surface area contributed by atoms with E-state index in [1.807, 2.05) is 0 Å². The average molecular weight is 433 g/mol. The quantitative estimate of drug-likeness (QED) is 0.313. The van der Waals surface area contributed by atoms with Crippen molar-refractivity contribution in [3.8, 4) is 0 Å². The number of thiophene rings is 1. The van der Waals surface area contributed by atoms with Gasteiger partial charge in [0.05, 0.1) is 28.0 Å². The maximum Gasteiger partial charge on any atom is 0.340 e. The molecule has 0 radical (unpaired) electrons. The predicted molar refractivity (Wildman–Crippen MR) is 113 cm³/mol. The minimum Gasteiger partial charge on any atom is -0.454 e. The first kappa shape index (κ1) is 18.7. The van der Waals surface area contributed by atoms with Gasteiger partial charge in [0.2, 0.25) is 17.6 Å². The first-order valence-corrected chi connectivity index (χ1v) is 11.3. The van der Waals surface area contributed by atoms with E-state index in [4.69, 9.17) is 4.74 Å². The second-order valence-electron chi connectivity index (χ2n) is 8.66. The second-order valence-corrected chi connectivity index (χ2v) is 9.61. The van der Waals surface area contributed by atoms with Gasteiger partial charge in [-0.3, -0.25) is 14.4 Å². The monoisotopic (exact) mass is 433 g/mol. The number of imide groups is 1. The average Bonchev–Trinajstić information content (AvgIpc) is 3.36. The molecule has 2 bridgehead atoms. The number of nitrogens with zero attached hydrogens (tertiary/aromatic N) is 1. The molecule has 0 unspecified atom stereocenters. The molecule has 2 heterocycles. The van der Waals surface area contributed by atoms with Crippen molar-refractivity contribution in [2.75, 3.05) is 11.5 Å². The molecule has 1 aliphatic heterocycles. The number of anilines is 1. The van der Waals surface area contributed by atoms with E-state index in [9.17, 15) is 19.2 Å². The normalized spacial score (nSPS) is 32.1. The minimum absolute atomic E-state index is 0.115. The molecule has 6 nitrogen and oxygen atoms in total. The van der Waals surface area contributed by atoms with Gasteiger partial charge in [0.1, 0.15) is 0 Å². The van der Waals surface area contributed by atoms with Crippen LogP contribution >= 0.6 is 11.3 Å². The molecule has 5 aliphatic rings. The topological polar surface area (TPSA) is 80.8 Å². The first-order chi connectivity index (χ1) is 15.1. The molecular formula is C24H19NO5S. The number of carbonyl (C=O) groups is 4. The third-order valence-corrected chi connectivity index (χ3v) is 8.07. The third kappa shape index (κ3) is 2.69. The lowest BCUT2D eigenvalue weighted by atomic mass is 9.63. The zero-order valence-electron chi connectivity index (χ0n) is 16.5. The van der Waals surface area contributed by atoms with Crippen LogP contribution in [0.5, 0.6) is 0 Å². The van der Waals surface area contributed by atoms with E-state index in [1.54, 1.807) is 35.7 Å². The van der Waals surface area contributed by atoms with Crippen LogP contribution in [0.3, 0.4) is 0 Å². The fourth-order valence-corrected chi connectivity index (χ4v) is 6.40. The van der Waals surface area contributed by atoms with E-state index in [0.717, 1.165) is 6.42 Å². The van der Waals surface area contributed by atoms with E-state index < -0.39 is 12.6 Å². The van der Waals surface area contributed by atoms with Gasteiger partial charge in [0.25, 0.3) is 0 Å². The summed E-state index contributed by atoms with van der Waals surface area (Å²) in [4.78, 5) is 53.4. The maximum atomic E-state index is 13.4. The summed E-state index contributed by atoms with van der Waals surface area (Å²) in [5, 5.41) is 1.78. The van der Waals surface area contributed by atoms with Gasteiger partial charge in [0, 0.05) is 0 Å². The summed E-state index contributed by atoms with van der Waals surface area (Å²) in [6.45, 7) is -0.391. The molecule has 7 rings (SSSR count). The number of ether oxygens (including phenoxy) is 1. The van der Waals surface area contributed by atoms with Crippen LogP contribution in [0.25, 0.3) is 0 Å². The summed E-state index contributed by atoms with van der Waals surface area (Å²) < 4.78 is 5.24. The Morgan fingerprint density at radius 1 is 0.968 bits per heavy atom. The van der Waals surface area contributed by atoms with E-state index >= 15 is 0 Å². The Morgan fingerprint density at radius 2 is 1.65 bits per heavy atom. The highest BCUT2D eigenvalue weighted by Gasteiger charge is 2.67. The number of allylic oxidation sites excluding steroid dienone is 2. The number of para-hydroxylation sites is 1. The van der Waals surface area contributed by atoms with Crippen LogP contribution in [0.4, 0.5) is 5.69 Å². The fourth-order valence-electron chi connectivity index (χ4n) is 5.75. The minimum atomic E-state index is -0.722. The smallest absolute Gasteiger partial charge is 0.340 e. The lowest BCUT2D eigenvalue weighted by molar-refractivity contribution is -0.124. The molecule has 1 aromatic carbocycles. The number of benzene rings is 1. The van der Waals surface area contributed by atoms with Gasteiger partial charge in [-0.05, 0) is 53.7 Å². The number of ketones is 1. The molecule has 7 heteroatoms. The number of carbonyl (C=O) groups excluding carboxylic acids is 4. The molecule has 1 saturated heterocycles. The zero-order chi connectivity index (χ0) is 21.3. The van der Waals surface area contributed by atoms with Crippen molar-refractivity contribution >= 4 is 40.6 Å². The predicted octanol–water partition coefficient (Wildman–Crippen LogP) is 3.35. The molecule has 2 amide bonds. The molecule has 6 atom stereocenters. The summed E-state index contributed by atoms with van der Waals surface area (Å²) >= 11 is 1.28. The maximum absolute atomic E-state index is 13.4. The van der Waals surface area contributed by atoms with E-state index in [2.05, 4.69) is 12.2 Å². The molecule has 2 saturated carbocycles. The standard InChI is InChI=1S/C24H19NO5S/c26-18(19-6-3-9-31-19)11-30-24(29)14-4-1-2-5-17(14)25-22(27)20-12-7-8-13(16-10-15(12)16)21(20)23(25)28/h1-9,12-13,15-16,20-21H,10-11H2/t12-,13+,15-,16+,20+,21-. The Kier molecular flexibility index (Phi) is 4.05. The molecule has 3 fully saturated rings. The van der Waals surface area contributed by atoms with E-state index in [1.165, 1.54) is 22.3 Å². The van der Waals surface area contributed by atoms with Crippen molar-refractivity contribution in [1.29, 1.82) is 0 Å². The van der Waals surface area contributed by atoms with Crippen LogP contribution in [-0.4, -0.2) is 30.2 Å². The first-order valence-electron chi connectivity index (χ1n) is 10.5. The van der Waals surface area contributed by atoms with Gasteiger partial charge in [-0.25, -0.2) is 9.69 Å². The van der Waals surface area contributed by atoms with Gasteiger partial charge in [0.15, 0.2) is 6.61 Å². The highest BCUT2D eigenvalue weighted by molar-refractivity contribution is 7.12. The Bertz CT molecular complexity index is 1120. The molecule has 1 aromatic heterocycles. The van der Waals surface area contributed by atoms with Crippen molar-refractivity contribution in [2.24, 2.45) is 35.5 Å². The molecule has 31 heavy (non-hydrogen) atoms. The summed E-state index contributed by atoms with van der Waals surface area (Å²) in [7, 11) is 0. The second kappa shape index (κ2) is 6.72. The number of rotatable bonds is 5. The van der Waals surface area contributed by atoms with E-state index in [-0.39, 0.29) is 52.5 Å². The Balaban J connectivity index is 1.27. The Morgan fingerprint density at radius 3 is 2.29 bits per heavy atom. The van der Waals surface area contributed by atoms with Crippen LogP contribution in [0, 0.1) is 35.5 Å². The number of amides is 2. The van der Waals surface area contributed by atoms with Crippen LogP contribution < -0.4 is 4.90 Å². The summed E-state index contributed by atoms with van der Waals surface area (Å²) in [6.07, 6.45) is 5.33. The van der Waals surface area contributed by atoms with Gasteiger partial charge >= 0.3 is 5.97 Å². The van der Waals surface area contributed by atoms with Crippen molar-refractivity contribution < 1.29 is 23.9 Å². The lowest BCUT2D eigenvalue weighted by Gasteiger charge is -2.37. The molecular weight excluding hydrogens is 414 g/mol. The van der Waals surface area contributed by atoms with Gasteiger partial charge in [-0.1, -0.05) is 30.4 Å². The summed E-state index contributed by atoms with van der Waals surface area (Å²) in [5.41, 5.74) is 0.362. The third-order valence-electron chi connectivity index (χ3n) is 7.16. The van der Waals surface area contributed by atoms with Gasteiger partial charge in [-0.2, -0.15) is 0 Å². The number of hydrogen-bond acceptors (Lipinski definition) is 6. The highest BCUT2D eigenvalue weighted by Crippen LogP contribution is 2.65. The molecule has 2 aromatic rings. The fraction of sp³-hybridized carbons (Fsp3) is 0.333. The largest absolute Gasteiger partial charge is 0.454 e.